The standard InChI is InChI=1S/C15H22BrNO/c1-5-12(10-17-11(2)3)8-13-9-14(16)6-7-15(13)18-4/h6-9,11,17H,5,10H2,1-4H3. The summed E-state index contributed by atoms with van der Waals surface area (Å²) in [4.78, 5) is 0. The van der Waals surface area contributed by atoms with Crippen LogP contribution in [0.15, 0.2) is 28.2 Å². The number of hydrogen-bond acceptors (Lipinski definition) is 2. The van der Waals surface area contributed by atoms with Crippen molar-refractivity contribution in [2.24, 2.45) is 0 Å². The van der Waals surface area contributed by atoms with Gasteiger partial charge in [-0.2, -0.15) is 0 Å². The quantitative estimate of drug-likeness (QED) is 0.848. The van der Waals surface area contributed by atoms with Crippen LogP contribution < -0.4 is 10.1 Å². The van der Waals surface area contributed by atoms with Crippen LogP contribution in [0.2, 0.25) is 0 Å². The Balaban J connectivity index is 2.93. The van der Waals surface area contributed by atoms with E-state index in [2.05, 4.69) is 54.2 Å². The maximum Gasteiger partial charge on any atom is 0.126 e. The predicted octanol–water partition coefficient (Wildman–Crippen LogP) is 4.25. The first kappa shape index (κ1) is 15.3. The zero-order valence-electron chi connectivity index (χ0n) is 11.6. The Kier molecular flexibility index (Phi) is 6.44. The summed E-state index contributed by atoms with van der Waals surface area (Å²) >= 11 is 3.50. The summed E-state index contributed by atoms with van der Waals surface area (Å²) in [6, 6.07) is 6.57. The van der Waals surface area contributed by atoms with E-state index in [1.807, 2.05) is 12.1 Å². The van der Waals surface area contributed by atoms with Crippen LogP contribution >= 0.6 is 15.9 Å². The summed E-state index contributed by atoms with van der Waals surface area (Å²) in [7, 11) is 1.71. The van der Waals surface area contributed by atoms with E-state index in [1.54, 1.807) is 7.11 Å². The number of benzene rings is 1. The van der Waals surface area contributed by atoms with Crippen LogP contribution in [0.4, 0.5) is 0 Å². The molecule has 1 N–H and O–H groups in total. The van der Waals surface area contributed by atoms with Gasteiger partial charge in [0.05, 0.1) is 7.11 Å². The summed E-state index contributed by atoms with van der Waals surface area (Å²) in [6.07, 6.45) is 3.24. The second kappa shape index (κ2) is 7.59. The highest BCUT2D eigenvalue weighted by Crippen LogP contribution is 2.25. The van der Waals surface area contributed by atoms with Gasteiger partial charge in [-0.1, -0.05) is 48.4 Å². The number of halogens is 1. The number of ether oxygens (including phenoxy) is 1. The molecule has 0 atom stereocenters. The molecule has 0 aliphatic heterocycles. The predicted molar refractivity (Wildman–Crippen MR) is 82.1 cm³/mol. The first-order chi connectivity index (χ1) is 8.56. The van der Waals surface area contributed by atoms with E-state index >= 15 is 0 Å². The number of methoxy groups -OCH3 is 1. The van der Waals surface area contributed by atoms with Gasteiger partial charge in [-0.3, -0.25) is 0 Å². The molecule has 0 spiro atoms. The average molecular weight is 312 g/mol. The molecular formula is C15H22BrNO. The lowest BCUT2D eigenvalue weighted by Crippen LogP contribution is -2.24. The van der Waals surface area contributed by atoms with E-state index in [0.717, 1.165) is 28.8 Å². The third-order valence-electron chi connectivity index (χ3n) is 2.74. The zero-order valence-corrected chi connectivity index (χ0v) is 13.2. The van der Waals surface area contributed by atoms with E-state index < -0.39 is 0 Å². The fourth-order valence-electron chi connectivity index (χ4n) is 1.65. The molecule has 0 radical (unpaired) electrons. The molecule has 0 aliphatic carbocycles. The van der Waals surface area contributed by atoms with Crippen molar-refractivity contribution in [3.63, 3.8) is 0 Å². The Hall–Kier alpha value is -0.800. The normalized spacial score (nSPS) is 12.0. The van der Waals surface area contributed by atoms with Crippen LogP contribution in [0.3, 0.4) is 0 Å². The van der Waals surface area contributed by atoms with Crippen LogP contribution in [0.1, 0.15) is 32.8 Å². The topological polar surface area (TPSA) is 21.3 Å². The summed E-state index contributed by atoms with van der Waals surface area (Å²) in [5, 5.41) is 3.45. The molecule has 1 aromatic rings. The summed E-state index contributed by atoms with van der Waals surface area (Å²) in [6.45, 7) is 7.42. The van der Waals surface area contributed by atoms with Crippen molar-refractivity contribution < 1.29 is 4.74 Å². The fourth-order valence-corrected chi connectivity index (χ4v) is 2.03. The molecule has 0 saturated carbocycles. The average Bonchev–Trinajstić information content (AvgIpc) is 2.34. The summed E-state index contributed by atoms with van der Waals surface area (Å²) in [5.74, 6) is 0.911. The third-order valence-corrected chi connectivity index (χ3v) is 3.24. The van der Waals surface area contributed by atoms with Gasteiger partial charge in [-0.15, -0.1) is 0 Å². The van der Waals surface area contributed by atoms with Gasteiger partial charge in [-0.25, -0.2) is 0 Å². The molecule has 18 heavy (non-hydrogen) atoms. The number of rotatable bonds is 6. The van der Waals surface area contributed by atoms with Gasteiger partial charge >= 0.3 is 0 Å². The van der Waals surface area contributed by atoms with Crippen molar-refractivity contribution in [3.8, 4) is 5.75 Å². The van der Waals surface area contributed by atoms with Crippen molar-refractivity contribution in [2.45, 2.75) is 33.2 Å². The monoisotopic (exact) mass is 311 g/mol. The molecule has 0 aromatic heterocycles. The Labute approximate surface area is 119 Å². The lowest BCUT2D eigenvalue weighted by atomic mass is 10.1. The molecule has 3 heteroatoms. The second-order valence-electron chi connectivity index (χ2n) is 4.58. The van der Waals surface area contributed by atoms with Crippen molar-refractivity contribution in [2.75, 3.05) is 13.7 Å². The smallest absolute Gasteiger partial charge is 0.126 e. The molecule has 0 unspecified atom stereocenters. The molecular weight excluding hydrogens is 290 g/mol. The number of nitrogens with one attached hydrogen (secondary N) is 1. The van der Waals surface area contributed by atoms with E-state index in [0.29, 0.717) is 6.04 Å². The maximum atomic E-state index is 5.39. The molecule has 1 aromatic carbocycles. The van der Waals surface area contributed by atoms with Crippen LogP contribution in [0.5, 0.6) is 5.75 Å². The first-order valence-corrected chi connectivity index (χ1v) is 7.12. The Morgan fingerprint density at radius 1 is 1.44 bits per heavy atom. The van der Waals surface area contributed by atoms with Gasteiger partial charge in [0.1, 0.15) is 5.75 Å². The molecule has 0 saturated heterocycles. The number of hydrogen-bond donors (Lipinski definition) is 1. The van der Waals surface area contributed by atoms with Gasteiger partial charge in [0.15, 0.2) is 0 Å². The van der Waals surface area contributed by atoms with Crippen LogP contribution in [0, 0.1) is 0 Å². The van der Waals surface area contributed by atoms with E-state index in [4.69, 9.17) is 4.74 Å². The summed E-state index contributed by atoms with van der Waals surface area (Å²) < 4.78 is 6.46. The lowest BCUT2D eigenvalue weighted by molar-refractivity contribution is 0.413. The Morgan fingerprint density at radius 3 is 2.72 bits per heavy atom. The van der Waals surface area contributed by atoms with Crippen molar-refractivity contribution >= 4 is 22.0 Å². The molecule has 100 valence electrons. The molecule has 0 aliphatic rings. The third kappa shape index (κ3) is 4.83. The largest absolute Gasteiger partial charge is 0.496 e. The SMILES string of the molecule is CCC(=Cc1cc(Br)ccc1OC)CNC(C)C. The van der Waals surface area contributed by atoms with E-state index in [9.17, 15) is 0 Å². The van der Waals surface area contributed by atoms with Crippen molar-refractivity contribution in [1.29, 1.82) is 0 Å². The van der Waals surface area contributed by atoms with Crippen LogP contribution in [0.25, 0.3) is 6.08 Å². The molecule has 0 amide bonds. The zero-order chi connectivity index (χ0) is 13.5. The minimum Gasteiger partial charge on any atom is -0.496 e. The second-order valence-corrected chi connectivity index (χ2v) is 5.49. The van der Waals surface area contributed by atoms with Crippen LogP contribution in [-0.2, 0) is 0 Å². The van der Waals surface area contributed by atoms with Crippen molar-refractivity contribution in [3.05, 3.63) is 33.8 Å². The van der Waals surface area contributed by atoms with Gasteiger partial charge in [0.25, 0.3) is 0 Å². The maximum absolute atomic E-state index is 5.39. The van der Waals surface area contributed by atoms with E-state index in [-0.39, 0.29) is 0 Å². The minimum atomic E-state index is 0.504. The van der Waals surface area contributed by atoms with Gasteiger partial charge in [0.2, 0.25) is 0 Å². The molecule has 2 nitrogen and oxygen atoms in total. The first-order valence-electron chi connectivity index (χ1n) is 6.33. The van der Waals surface area contributed by atoms with Crippen LogP contribution in [-0.4, -0.2) is 19.7 Å². The molecule has 1 rings (SSSR count). The van der Waals surface area contributed by atoms with Gasteiger partial charge in [0, 0.05) is 22.6 Å². The van der Waals surface area contributed by atoms with Gasteiger partial charge in [-0.05, 0) is 24.6 Å². The highest BCUT2D eigenvalue weighted by molar-refractivity contribution is 9.10. The van der Waals surface area contributed by atoms with Crippen molar-refractivity contribution in [1.82, 2.24) is 5.32 Å². The highest BCUT2D eigenvalue weighted by atomic mass is 79.9. The molecule has 0 bridgehead atoms. The van der Waals surface area contributed by atoms with E-state index in [1.165, 1.54) is 5.57 Å². The van der Waals surface area contributed by atoms with Gasteiger partial charge < -0.3 is 10.1 Å². The molecule has 0 fully saturated rings. The Morgan fingerprint density at radius 2 is 2.17 bits per heavy atom. The Bertz CT molecular complexity index is 413. The minimum absolute atomic E-state index is 0.504. The molecule has 0 heterocycles. The highest BCUT2D eigenvalue weighted by Gasteiger charge is 2.03. The fraction of sp³-hybridized carbons (Fsp3) is 0.467. The lowest BCUT2D eigenvalue weighted by Gasteiger charge is -2.12. The summed E-state index contributed by atoms with van der Waals surface area (Å²) in [5.41, 5.74) is 2.49.